The second-order valence-electron chi connectivity index (χ2n) is 9.74. The van der Waals surface area contributed by atoms with Gasteiger partial charge in [-0.25, -0.2) is 9.97 Å². The van der Waals surface area contributed by atoms with E-state index in [0.717, 1.165) is 84.5 Å². The van der Waals surface area contributed by atoms with E-state index in [0.29, 0.717) is 6.04 Å². The van der Waals surface area contributed by atoms with Gasteiger partial charge in [0.15, 0.2) is 5.65 Å². The van der Waals surface area contributed by atoms with Gasteiger partial charge in [-0.05, 0) is 66.2 Å². The topological polar surface area (TPSA) is 91.5 Å². The van der Waals surface area contributed by atoms with Crippen LogP contribution >= 0.6 is 0 Å². The number of aliphatic hydroxyl groups is 1. The summed E-state index contributed by atoms with van der Waals surface area (Å²) in [5.41, 5.74) is 4.60. The molecule has 8 nitrogen and oxygen atoms in total. The van der Waals surface area contributed by atoms with E-state index >= 15 is 0 Å². The van der Waals surface area contributed by atoms with Crippen molar-refractivity contribution >= 4 is 17.3 Å². The lowest BCUT2D eigenvalue weighted by Crippen LogP contribution is -2.36. The summed E-state index contributed by atoms with van der Waals surface area (Å²) in [7, 11) is 0. The SMILES string of the molecule is Cc1nc(C)c(-c2cc3nc(N4CCCC4)cc(N[C@H]4CC[C@](C)(O)CC4)n3n2)nc1C. The zero-order valence-electron chi connectivity index (χ0n) is 19.5. The molecule has 3 aromatic heterocycles. The molecule has 0 radical (unpaired) electrons. The van der Waals surface area contributed by atoms with Gasteiger partial charge in [0.05, 0.1) is 22.7 Å². The number of hydrogen-bond donors (Lipinski definition) is 2. The molecule has 0 atom stereocenters. The van der Waals surface area contributed by atoms with Crippen molar-refractivity contribution in [2.45, 2.75) is 77.9 Å². The molecule has 1 saturated carbocycles. The smallest absolute Gasteiger partial charge is 0.160 e. The van der Waals surface area contributed by atoms with E-state index in [4.69, 9.17) is 15.1 Å². The summed E-state index contributed by atoms with van der Waals surface area (Å²) in [6.07, 6.45) is 5.89. The highest BCUT2D eigenvalue weighted by Crippen LogP contribution is 2.32. The molecule has 1 aliphatic carbocycles. The number of rotatable bonds is 4. The van der Waals surface area contributed by atoms with Crippen LogP contribution in [0, 0.1) is 20.8 Å². The van der Waals surface area contributed by atoms with Gasteiger partial charge in [0.2, 0.25) is 0 Å². The van der Waals surface area contributed by atoms with Gasteiger partial charge >= 0.3 is 0 Å². The predicted octanol–water partition coefficient (Wildman–Crippen LogP) is 3.82. The van der Waals surface area contributed by atoms with E-state index in [1.807, 2.05) is 38.3 Å². The van der Waals surface area contributed by atoms with Crippen molar-refractivity contribution in [2.24, 2.45) is 0 Å². The number of nitrogens with one attached hydrogen (secondary N) is 1. The van der Waals surface area contributed by atoms with Crippen molar-refractivity contribution in [2.75, 3.05) is 23.3 Å². The fourth-order valence-corrected chi connectivity index (χ4v) is 4.84. The average molecular weight is 436 g/mol. The van der Waals surface area contributed by atoms with Crippen LogP contribution in [0.1, 0.15) is 62.5 Å². The summed E-state index contributed by atoms with van der Waals surface area (Å²) in [6.45, 7) is 9.96. The van der Waals surface area contributed by atoms with Crippen molar-refractivity contribution < 1.29 is 5.11 Å². The van der Waals surface area contributed by atoms with Gasteiger partial charge in [-0.2, -0.15) is 9.61 Å². The Morgan fingerprint density at radius 2 is 1.66 bits per heavy atom. The van der Waals surface area contributed by atoms with Crippen LogP contribution in [0.5, 0.6) is 0 Å². The van der Waals surface area contributed by atoms with Crippen LogP contribution < -0.4 is 10.2 Å². The first kappa shape index (κ1) is 21.1. The highest BCUT2D eigenvalue weighted by Gasteiger charge is 2.29. The normalized spacial score (nSPS) is 23.8. The Morgan fingerprint density at radius 1 is 0.969 bits per heavy atom. The van der Waals surface area contributed by atoms with Gasteiger partial charge in [0, 0.05) is 31.3 Å². The zero-order chi connectivity index (χ0) is 22.5. The van der Waals surface area contributed by atoms with Crippen LogP contribution in [0.2, 0.25) is 0 Å². The number of anilines is 2. The van der Waals surface area contributed by atoms with E-state index in [-0.39, 0.29) is 0 Å². The van der Waals surface area contributed by atoms with E-state index < -0.39 is 5.60 Å². The molecule has 32 heavy (non-hydrogen) atoms. The molecular formula is C24H33N7O. The molecule has 5 rings (SSSR count). The number of aromatic nitrogens is 5. The van der Waals surface area contributed by atoms with Crippen molar-refractivity contribution in [3.8, 4) is 11.4 Å². The second kappa shape index (κ2) is 7.99. The molecule has 0 bridgehead atoms. The summed E-state index contributed by atoms with van der Waals surface area (Å²) < 4.78 is 1.90. The van der Waals surface area contributed by atoms with Crippen molar-refractivity contribution in [1.82, 2.24) is 24.6 Å². The molecule has 2 aliphatic rings. The summed E-state index contributed by atoms with van der Waals surface area (Å²) >= 11 is 0. The molecule has 1 aliphatic heterocycles. The summed E-state index contributed by atoms with van der Waals surface area (Å²) in [6, 6.07) is 4.45. The molecular weight excluding hydrogens is 402 g/mol. The average Bonchev–Trinajstić information content (AvgIpc) is 3.42. The highest BCUT2D eigenvalue weighted by atomic mass is 16.3. The first-order chi connectivity index (χ1) is 15.3. The first-order valence-electron chi connectivity index (χ1n) is 11.8. The maximum atomic E-state index is 10.3. The number of aryl methyl sites for hydroxylation is 3. The fourth-order valence-electron chi connectivity index (χ4n) is 4.84. The minimum absolute atomic E-state index is 0.308. The predicted molar refractivity (Wildman–Crippen MR) is 126 cm³/mol. The largest absolute Gasteiger partial charge is 0.390 e. The summed E-state index contributed by atoms with van der Waals surface area (Å²) in [5, 5.41) is 18.9. The second-order valence-corrected chi connectivity index (χ2v) is 9.74. The third-order valence-corrected chi connectivity index (χ3v) is 6.98. The molecule has 0 spiro atoms. The van der Waals surface area contributed by atoms with E-state index in [1.54, 1.807) is 0 Å². The maximum Gasteiger partial charge on any atom is 0.160 e. The van der Waals surface area contributed by atoms with Gasteiger partial charge in [-0.1, -0.05) is 0 Å². The van der Waals surface area contributed by atoms with Gasteiger partial charge in [0.1, 0.15) is 23.0 Å². The molecule has 4 heterocycles. The minimum Gasteiger partial charge on any atom is -0.390 e. The maximum absolute atomic E-state index is 10.3. The Kier molecular flexibility index (Phi) is 5.28. The number of hydrogen-bond acceptors (Lipinski definition) is 7. The van der Waals surface area contributed by atoms with E-state index in [1.165, 1.54) is 12.8 Å². The lowest BCUT2D eigenvalue weighted by molar-refractivity contribution is 0.0196. The first-order valence-corrected chi connectivity index (χ1v) is 11.8. The van der Waals surface area contributed by atoms with E-state index in [9.17, 15) is 5.11 Å². The lowest BCUT2D eigenvalue weighted by atomic mass is 9.84. The Balaban J connectivity index is 1.55. The van der Waals surface area contributed by atoms with Crippen LogP contribution in [0.3, 0.4) is 0 Å². The number of fused-ring (bicyclic) bond motifs is 1. The lowest BCUT2D eigenvalue weighted by Gasteiger charge is -2.34. The van der Waals surface area contributed by atoms with Crippen molar-refractivity contribution in [1.29, 1.82) is 0 Å². The van der Waals surface area contributed by atoms with Crippen LogP contribution in [-0.2, 0) is 0 Å². The molecule has 170 valence electrons. The van der Waals surface area contributed by atoms with Gasteiger partial charge < -0.3 is 15.3 Å². The highest BCUT2D eigenvalue weighted by molar-refractivity contribution is 5.67. The van der Waals surface area contributed by atoms with Gasteiger partial charge in [0.25, 0.3) is 0 Å². The molecule has 8 heteroatoms. The Bertz CT molecular complexity index is 1140. The summed E-state index contributed by atoms with van der Waals surface area (Å²) in [4.78, 5) is 16.7. The minimum atomic E-state index is -0.551. The Hall–Kier alpha value is -2.74. The van der Waals surface area contributed by atoms with Crippen LogP contribution in [0.15, 0.2) is 12.1 Å². The van der Waals surface area contributed by atoms with Crippen LogP contribution in [-0.4, -0.2) is 54.4 Å². The molecule has 1 saturated heterocycles. The van der Waals surface area contributed by atoms with Crippen molar-refractivity contribution in [3.05, 3.63) is 29.2 Å². The fraction of sp³-hybridized carbons (Fsp3) is 0.583. The van der Waals surface area contributed by atoms with Crippen molar-refractivity contribution in [3.63, 3.8) is 0 Å². The van der Waals surface area contributed by atoms with Crippen LogP contribution in [0.25, 0.3) is 17.0 Å². The molecule has 0 aromatic carbocycles. The van der Waals surface area contributed by atoms with Gasteiger partial charge in [-0.3, -0.25) is 4.98 Å². The Morgan fingerprint density at radius 3 is 2.38 bits per heavy atom. The molecule has 2 fully saturated rings. The Labute approximate surface area is 189 Å². The van der Waals surface area contributed by atoms with E-state index in [2.05, 4.69) is 21.3 Å². The molecule has 0 amide bonds. The quantitative estimate of drug-likeness (QED) is 0.644. The zero-order valence-corrected chi connectivity index (χ0v) is 19.5. The molecule has 2 N–H and O–H groups in total. The third-order valence-electron chi connectivity index (χ3n) is 6.98. The van der Waals surface area contributed by atoms with Gasteiger partial charge in [-0.15, -0.1) is 0 Å². The number of nitrogens with zero attached hydrogens (tertiary/aromatic N) is 6. The standard InChI is InChI=1S/C24H33N7O/c1-15-16(2)26-23(17(3)25-15)19-13-21-28-20(30-11-5-6-12-30)14-22(31(21)29-19)27-18-7-9-24(4,32)10-8-18/h13-14,18,27,32H,5-12H2,1-4H3/t18-,24-. The molecule has 0 unspecified atom stereocenters. The molecule has 3 aromatic rings. The van der Waals surface area contributed by atoms with Crippen LogP contribution in [0.4, 0.5) is 11.6 Å². The summed E-state index contributed by atoms with van der Waals surface area (Å²) in [5.74, 6) is 1.94. The third kappa shape index (κ3) is 4.03. The monoisotopic (exact) mass is 435 g/mol.